The Labute approximate surface area is 166 Å². The summed E-state index contributed by atoms with van der Waals surface area (Å²) in [6, 6.07) is 1.84. The molecule has 0 bridgehead atoms. The number of likely N-dealkylation sites (tertiary alicyclic amines) is 1. The van der Waals surface area contributed by atoms with Gasteiger partial charge in [-0.2, -0.15) is 0 Å². The molecular formula is C19H31N7O2. The number of esters is 1. The van der Waals surface area contributed by atoms with Crippen molar-refractivity contribution < 1.29 is 9.53 Å². The summed E-state index contributed by atoms with van der Waals surface area (Å²) in [4.78, 5) is 31.6. The van der Waals surface area contributed by atoms with E-state index in [1.807, 2.05) is 13.1 Å². The van der Waals surface area contributed by atoms with E-state index >= 15 is 0 Å². The number of carbonyl (C=O) groups is 1. The number of ether oxygens (including phenoxy) is 1. The van der Waals surface area contributed by atoms with Crippen LogP contribution in [0.1, 0.15) is 12.8 Å². The maximum Gasteiger partial charge on any atom is 0.308 e. The van der Waals surface area contributed by atoms with Crippen LogP contribution in [0.3, 0.4) is 0 Å². The van der Waals surface area contributed by atoms with Crippen LogP contribution in [0.4, 0.5) is 5.95 Å². The molecule has 2 aliphatic heterocycles. The van der Waals surface area contributed by atoms with Gasteiger partial charge in [0.2, 0.25) is 5.95 Å². The van der Waals surface area contributed by atoms with E-state index in [2.05, 4.69) is 35.0 Å². The van der Waals surface area contributed by atoms with E-state index in [1.165, 1.54) is 7.11 Å². The first-order valence-electron chi connectivity index (χ1n) is 9.99. The van der Waals surface area contributed by atoms with Gasteiger partial charge in [0.05, 0.1) is 13.0 Å². The zero-order chi connectivity index (χ0) is 19.8. The smallest absolute Gasteiger partial charge is 0.308 e. The molecule has 2 aliphatic rings. The lowest BCUT2D eigenvalue weighted by Crippen LogP contribution is -2.51. The fourth-order valence-electron chi connectivity index (χ4n) is 3.78. The van der Waals surface area contributed by atoms with Crippen molar-refractivity contribution in [3.05, 3.63) is 18.5 Å². The molecule has 9 nitrogen and oxygen atoms in total. The van der Waals surface area contributed by atoms with Crippen molar-refractivity contribution in [2.75, 3.05) is 71.4 Å². The van der Waals surface area contributed by atoms with Crippen molar-refractivity contribution in [3.8, 4) is 0 Å². The summed E-state index contributed by atoms with van der Waals surface area (Å²) in [6.07, 6.45) is 5.21. The molecule has 0 spiro atoms. The molecule has 0 saturated carbocycles. The number of hydrogen-bond donors (Lipinski definition) is 1. The summed E-state index contributed by atoms with van der Waals surface area (Å²) >= 11 is 0. The van der Waals surface area contributed by atoms with E-state index in [9.17, 15) is 4.79 Å². The number of carbonyl (C=O) groups excluding carboxylic acids is 1. The topological polar surface area (TPSA) is 86.2 Å². The molecule has 0 unspecified atom stereocenters. The van der Waals surface area contributed by atoms with Crippen molar-refractivity contribution in [3.63, 3.8) is 0 Å². The number of piperazine rings is 1. The van der Waals surface area contributed by atoms with Crippen molar-refractivity contribution >= 4 is 17.9 Å². The van der Waals surface area contributed by atoms with Crippen LogP contribution in [0.2, 0.25) is 0 Å². The minimum Gasteiger partial charge on any atom is -0.469 e. The van der Waals surface area contributed by atoms with Crippen LogP contribution in [-0.4, -0.2) is 98.2 Å². The summed E-state index contributed by atoms with van der Waals surface area (Å²) < 4.78 is 4.86. The summed E-state index contributed by atoms with van der Waals surface area (Å²) in [5.74, 6) is 1.66. The monoisotopic (exact) mass is 389 g/mol. The predicted molar refractivity (Wildman–Crippen MR) is 108 cm³/mol. The Morgan fingerprint density at radius 3 is 2.46 bits per heavy atom. The highest BCUT2D eigenvalue weighted by molar-refractivity contribution is 5.80. The number of rotatable bonds is 5. The number of hydrogen-bond acceptors (Lipinski definition) is 7. The van der Waals surface area contributed by atoms with E-state index in [0.29, 0.717) is 0 Å². The molecule has 1 aromatic heterocycles. The van der Waals surface area contributed by atoms with Crippen molar-refractivity contribution in [1.82, 2.24) is 25.1 Å². The Morgan fingerprint density at radius 2 is 1.86 bits per heavy atom. The van der Waals surface area contributed by atoms with Gasteiger partial charge in [-0.1, -0.05) is 0 Å². The zero-order valence-corrected chi connectivity index (χ0v) is 16.9. The molecule has 2 saturated heterocycles. The summed E-state index contributed by atoms with van der Waals surface area (Å²) in [7, 11) is 3.27. The third kappa shape index (κ3) is 5.31. The van der Waals surface area contributed by atoms with Crippen LogP contribution in [0.5, 0.6) is 0 Å². The van der Waals surface area contributed by atoms with E-state index < -0.39 is 0 Å². The van der Waals surface area contributed by atoms with Gasteiger partial charge in [-0.3, -0.25) is 14.7 Å². The van der Waals surface area contributed by atoms with Crippen molar-refractivity contribution in [1.29, 1.82) is 0 Å². The molecule has 28 heavy (non-hydrogen) atoms. The highest BCUT2D eigenvalue weighted by atomic mass is 16.5. The van der Waals surface area contributed by atoms with Gasteiger partial charge in [0.1, 0.15) is 0 Å². The van der Waals surface area contributed by atoms with Crippen LogP contribution in [0, 0.1) is 5.92 Å². The third-order valence-electron chi connectivity index (χ3n) is 5.46. The average molecular weight is 390 g/mol. The lowest BCUT2D eigenvalue weighted by atomic mass is 9.97. The van der Waals surface area contributed by atoms with Gasteiger partial charge < -0.3 is 19.9 Å². The molecule has 0 aromatic carbocycles. The number of guanidine groups is 1. The summed E-state index contributed by atoms with van der Waals surface area (Å²) in [5.41, 5.74) is 0. The van der Waals surface area contributed by atoms with Gasteiger partial charge in [0.15, 0.2) is 5.96 Å². The van der Waals surface area contributed by atoms with E-state index in [1.54, 1.807) is 12.4 Å². The largest absolute Gasteiger partial charge is 0.469 e. The lowest BCUT2D eigenvalue weighted by molar-refractivity contribution is -0.146. The molecule has 1 N–H and O–H groups in total. The molecule has 3 rings (SSSR count). The zero-order valence-electron chi connectivity index (χ0n) is 16.9. The van der Waals surface area contributed by atoms with Crippen LogP contribution in [-0.2, 0) is 9.53 Å². The second-order valence-electron chi connectivity index (χ2n) is 7.14. The highest BCUT2D eigenvalue weighted by Crippen LogP contribution is 2.18. The minimum absolute atomic E-state index is 0.0178. The average Bonchev–Trinajstić information content (AvgIpc) is 2.77. The van der Waals surface area contributed by atoms with E-state index in [0.717, 1.165) is 77.1 Å². The maximum absolute atomic E-state index is 11.7. The molecule has 0 amide bonds. The van der Waals surface area contributed by atoms with Gasteiger partial charge in [0.25, 0.3) is 0 Å². The standard InChI is InChI=1S/C19H31N7O2/c1-20-18(25-9-4-16(5-10-25)17(27)28-2)23-8-11-24-12-14-26(15-13-24)19-21-6-3-7-22-19/h3,6-7,16H,4-5,8-15H2,1-2H3,(H,20,23). The second-order valence-corrected chi connectivity index (χ2v) is 7.14. The van der Waals surface area contributed by atoms with Crippen molar-refractivity contribution in [2.24, 2.45) is 10.9 Å². The fraction of sp³-hybridized carbons (Fsp3) is 0.684. The fourth-order valence-corrected chi connectivity index (χ4v) is 3.78. The third-order valence-corrected chi connectivity index (χ3v) is 5.46. The number of aromatic nitrogens is 2. The number of nitrogens with zero attached hydrogens (tertiary/aromatic N) is 6. The first-order chi connectivity index (χ1) is 13.7. The highest BCUT2D eigenvalue weighted by Gasteiger charge is 2.27. The molecule has 1 aromatic rings. The predicted octanol–water partition coefficient (Wildman–Crippen LogP) is 0.0590. The van der Waals surface area contributed by atoms with Gasteiger partial charge >= 0.3 is 5.97 Å². The first-order valence-corrected chi connectivity index (χ1v) is 9.99. The number of piperidine rings is 1. The minimum atomic E-state index is -0.0948. The number of anilines is 1. The van der Waals surface area contributed by atoms with Crippen LogP contribution in [0.25, 0.3) is 0 Å². The molecular weight excluding hydrogens is 358 g/mol. The Morgan fingerprint density at radius 1 is 1.18 bits per heavy atom. The molecule has 0 aliphatic carbocycles. The van der Waals surface area contributed by atoms with E-state index in [-0.39, 0.29) is 11.9 Å². The SMILES string of the molecule is CN=C(NCCN1CCN(c2ncccn2)CC1)N1CCC(C(=O)OC)CC1. The van der Waals surface area contributed by atoms with Crippen LogP contribution < -0.4 is 10.2 Å². The van der Waals surface area contributed by atoms with E-state index in [4.69, 9.17) is 4.74 Å². The molecule has 3 heterocycles. The Balaban J connectivity index is 1.36. The molecule has 0 atom stereocenters. The van der Waals surface area contributed by atoms with Crippen LogP contribution >= 0.6 is 0 Å². The van der Waals surface area contributed by atoms with Gasteiger partial charge in [-0.05, 0) is 18.9 Å². The summed E-state index contributed by atoms with van der Waals surface area (Å²) in [6.45, 7) is 7.38. The second kappa shape index (κ2) is 10.2. The Kier molecular flexibility index (Phi) is 7.41. The first kappa shape index (κ1) is 20.3. The van der Waals surface area contributed by atoms with Gasteiger partial charge in [0, 0.05) is 71.8 Å². The lowest BCUT2D eigenvalue weighted by Gasteiger charge is -2.35. The van der Waals surface area contributed by atoms with Crippen molar-refractivity contribution in [2.45, 2.75) is 12.8 Å². The van der Waals surface area contributed by atoms with Crippen LogP contribution in [0.15, 0.2) is 23.5 Å². The molecule has 0 radical (unpaired) electrons. The Hall–Kier alpha value is -2.42. The quantitative estimate of drug-likeness (QED) is 0.430. The number of methoxy groups -OCH3 is 1. The number of nitrogens with one attached hydrogen (secondary N) is 1. The van der Waals surface area contributed by atoms with Gasteiger partial charge in [-0.25, -0.2) is 9.97 Å². The normalized spacial score (nSPS) is 19.6. The maximum atomic E-state index is 11.7. The Bertz CT molecular complexity index is 639. The molecule has 2 fully saturated rings. The summed E-state index contributed by atoms with van der Waals surface area (Å²) in [5, 5.41) is 3.47. The molecule has 154 valence electrons. The van der Waals surface area contributed by atoms with Gasteiger partial charge in [-0.15, -0.1) is 0 Å². The number of aliphatic imine (C=N–C) groups is 1. The molecule has 9 heteroatoms.